The zero-order valence-electron chi connectivity index (χ0n) is 36.8. The molecule has 2 spiro atoms. The molecule has 9 atom stereocenters. The maximum Gasteiger partial charge on any atom is 0.375 e. The van der Waals surface area contributed by atoms with Crippen LogP contribution in [-0.4, -0.2) is 111 Å². The molecule has 2 aromatic rings. The monoisotopic (exact) mass is 903 g/mol. The van der Waals surface area contributed by atoms with Gasteiger partial charge in [-0.1, -0.05) is 18.2 Å². The van der Waals surface area contributed by atoms with Gasteiger partial charge in [0, 0.05) is 50.0 Å². The zero-order chi connectivity index (χ0) is 44.5. The molecule has 4 aliphatic heterocycles. The number of nitrogens with two attached hydrogens (primary N) is 1. The molecular weight excluding hydrogens is 844 g/mol. The highest BCUT2D eigenvalue weighted by Crippen LogP contribution is 2.61. The molecule has 0 saturated heterocycles. The van der Waals surface area contributed by atoms with Gasteiger partial charge in [-0.25, -0.2) is 0 Å². The highest BCUT2D eigenvalue weighted by Gasteiger charge is 2.57. The van der Waals surface area contributed by atoms with Gasteiger partial charge in [-0.3, -0.25) is 19.4 Å². The molecule has 0 bridgehead atoms. The number of hydrogen-bond acceptors (Lipinski definition) is 16. The topological polar surface area (TPSA) is 188 Å². The summed E-state index contributed by atoms with van der Waals surface area (Å²) in [6.45, 7) is 11.3. The van der Waals surface area contributed by atoms with Gasteiger partial charge >= 0.3 is 14.6 Å². The second-order valence-corrected chi connectivity index (χ2v) is 18.0. The van der Waals surface area contributed by atoms with Crippen molar-refractivity contribution in [3.63, 3.8) is 0 Å². The Morgan fingerprint density at radius 1 is 0.887 bits per heavy atom. The Labute approximate surface area is 365 Å². The molecule has 2 aromatic carbocycles. The smallest absolute Gasteiger partial charge is 0.375 e. The highest BCUT2D eigenvalue weighted by molar-refractivity contribution is 7.41. The van der Waals surface area contributed by atoms with Gasteiger partial charge in [-0.05, 0) is 83.7 Å². The van der Waals surface area contributed by atoms with Crippen molar-refractivity contribution in [2.45, 2.75) is 114 Å². The minimum atomic E-state index is -1.70. The Bertz CT molecular complexity index is 2050. The summed E-state index contributed by atoms with van der Waals surface area (Å²) < 4.78 is 51.3. The minimum absolute atomic E-state index is 0.141. The molecule has 2 aliphatic carbocycles. The summed E-state index contributed by atoms with van der Waals surface area (Å²) in [6.07, 6.45) is 8.80. The lowest BCUT2D eigenvalue weighted by atomic mass is 9.67. The van der Waals surface area contributed by atoms with E-state index in [0.29, 0.717) is 79.6 Å². The lowest BCUT2D eigenvalue weighted by Crippen LogP contribution is -2.49. The van der Waals surface area contributed by atoms with Gasteiger partial charge in [0.05, 0.1) is 59.2 Å². The first-order valence-electron chi connectivity index (χ1n) is 20.9. The standard InChI is InChI=1S/C22H31N2O8P.C21H28NO6P/c1-5-28-33(29-6-2)32-31-16-9-13-12-24(3)15(21(23)26)11-22-8-7-14(25)10-17(22)30-20(18(13)22)19(16)27-4;1-12-10-21-7-6-15(25-13(2)23)9-17(21)26-20-18(21)14(11-22(12)3)8-16(19(20)24-4)27-28-29-5/h7-9,14-15,17,25H,5-6,10-12H2,1-4H3,(H2,23,26);6-8,12,15,17,29H,9-11H2,1-5H3. The Morgan fingerprint density at radius 3 is 2.02 bits per heavy atom. The molecule has 19 heteroatoms. The zero-order valence-corrected chi connectivity index (χ0v) is 38.7. The third-order valence-electron chi connectivity index (χ3n) is 12.5. The summed E-state index contributed by atoms with van der Waals surface area (Å²) in [5.41, 5.74) is 8.99. The Hall–Kier alpha value is -3.76. The Morgan fingerprint density at radius 2 is 1.45 bits per heavy atom. The fourth-order valence-corrected chi connectivity index (χ4v) is 10.7. The van der Waals surface area contributed by atoms with Crippen LogP contribution in [-0.2, 0) is 56.6 Å². The van der Waals surface area contributed by atoms with Crippen molar-refractivity contribution in [1.29, 1.82) is 0 Å². The van der Waals surface area contributed by atoms with Crippen LogP contribution in [0.2, 0.25) is 0 Å². The third kappa shape index (κ3) is 8.60. The molecule has 6 aliphatic rings. The van der Waals surface area contributed by atoms with E-state index in [9.17, 15) is 14.7 Å². The number of rotatable bonds is 14. The van der Waals surface area contributed by atoms with E-state index in [4.69, 9.17) is 57.6 Å². The Balaban J connectivity index is 0.000000188. The van der Waals surface area contributed by atoms with E-state index >= 15 is 0 Å². The number of methoxy groups -OCH3 is 2. The first-order chi connectivity index (χ1) is 29.7. The molecule has 1 amide bonds. The van der Waals surface area contributed by atoms with Crippen molar-refractivity contribution < 1.29 is 66.6 Å². The number of ether oxygens (including phenoxy) is 5. The summed E-state index contributed by atoms with van der Waals surface area (Å²) in [6, 6.07) is 3.67. The molecule has 8 rings (SSSR count). The van der Waals surface area contributed by atoms with E-state index in [-0.39, 0.29) is 38.5 Å². The molecule has 0 aromatic heterocycles. The maximum absolute atomic E-state index is 12.3. The van der Waals surface area contributed by atoms with Gasteiger partial charge < -0.3 is 53.3 Å². The van der Waals surface area contributed by atoms with Crippen LogP contribution >= 0.6 is 17.4 Å². The van der Waals surface area contributed by atoms with Gasteiger partial charge in [0.25, 0.3) is 0 Å². The number of hydrogen-bond donors (Lipinski definition) is 2. The average Bonchev–Trinajstić information content (AvgIpc) is 3.65. The Kier molecular flexibility index (Phi) is 14.3. The number of esters is 1. The number of nitrogens with zero attached hydrogens (tertiary/aromatic N) is 2. The number of carbonyl (C=O) groups excluding carboxylic acids is 2. The van der Waals surface area contributed by atoms with Crippen molar-refractivity contribution in [3.8, 4) is 34.5 Å². The van der Waals surface area contributed by atoms with Crippen molar-refractivity contribution in [1.82, 2.24) is 9.80 Å². The predicted octanol–water partition coefficient (Wildman–Crippen LogP) is 5.66. The van der Waals surface area contributed by atoms with Crippen LogP contribution in [0.3, 0.4) is 0 Å². The van der Waals surface area contributed by atoms with E-state index < -0.39 is 32.1 Å². The van der Waals surface area contributed by atoms with Crippen LogP contribution in [0.25, 0.3) is 0 Å². The normalized spacial score (nSPS) is 29.2. The molecule has 0 fully saturated rings. The van der Waals surface area contributed by atoms with Gasteiger partial charge in [0.1, 0.15) is 18.3 Å². The predicted molar refractivity (Wildman–Crippen MR) is 230 cm³/mol. The number of aliphatic hydroxyl groups excluding tert-OH is 1. The SMILES string of the molecule is CCOP(OCC)OOc1cc2c3c(c1OC)OC1CC(O)C=CC31CC(C(N)=O)N(C)C2.COc1c(OOPC)cc2c3c1OC1CC(OC(C)=O)C=CC31CC(C)N(C)C2. The van der Waals surface area contributed by atoms with E-state index in [1.807, 2.05) is 56.7 Å². The lowest BCUT2D eigenvalue weighted by Gasteiger charge is -2.38. The highest BCUT2D eigenvalue weighted by atomic mass is 31.2. The molecule has 0 saturated carbocycles. The largest absolute Gasteiger partial charge is 0.490 e. The number of carbonyl (C=O) groups is 2. The summed E-state index contributed by atoms with van der Waals surface area (Å²) in [7, 11) is 5.62. The number of benzene rings is 2. The summed E-state index contributed by atoms with van der Waals surface area (Å²) >= 11 is 0. The van der Waals surface area contributed by atoms with Crippen molar-refractivity contribution in [3.05, 3.63) is 58.7 Å². The van der Waals surface area contributed by atoms with E-state index in [1.54, 1.807) is 13.2 Å². The van der Waals surface area contributed by atoms with Crippen LogP contribution in [0, 0.1) is 0 Å². The summed E-state index contributed by atoms with van der Waals surface area (Å²) in [5.74, 6) is 2.29. The van der Waals surface area contributed by atoms with Gasteiger partial charge in [0.15, 0.2) is 11.5 Å². The summed E-state index contributed by atoms with van der Waals surface area (Å²) in [4.78, 5) is 39.3. The molecule has 4 heterocycles. The van der Waals surface area contributed by atoms with Crippen molar-refractivity contribution in [2.75, 3.05) is 48.2 Å². The van der Waals surface area contributed by atoms with Crippen molar-refractivity contribution in [2.24, 2.45) is 5.73 Å². The molecule has 9 unspecified atom stereocenters. The number of amides is 1. The second-order valence-electron chi connectivity index (χ2n) is 16.3. The van der Waals surface area contributed by atoms with E-state index in [0.717, 1.165) is 35.2 Å². The lowest BCUT2D eigenvalue weighted by molar-refractivity contribution is -0.145. The number of likely N-dealkylation sites (N-methyl/N-ethyl adjacent to an activating group) is 1. The maximum atomic E-state index is 12.3. The molecule has 0 radical (unpaired) electrons. The molecule has 17 nitrogen and oxygen atoms in total. The summed E-state index contributed by atoms with van der Waals surface area (Å²) in [5, 5.41) is 10.3. The molecular formula is C43H59N3O14P2. The van der Waals surface area contributed by atoms with Crippen LogP contribution in [0.1, 0.15) is 75.6 Å². The minimum Gasteiger partial charge on any atom is -0.490 e. The van der Waals surface area contributed by atoms with Gasteiger partial charge in [-0.15, -0.1) is 4.67 Å². The van der Waals surface area contributed by atoms with E-state index in [2.05, 4.69) is 24.9 Å². The number of aliphatic hydroxyl groups is 1. The second kappa shape index (κ2) is 19.1. The molecule has 62 heavy (non-hydrogen) atoms. The molecule has 340 valence electrons. The van der Waals surface area contributed by atoms with Crippen LogP contribution in [0.15, 0.2) is 36.4 Å². The van der Waals surface area contributed by atoms with E-state index in [1.165, 1.54) is 14.0 Å². The van der Waals surface area contributed by atoms with Crippen LogP contribution in [0.4, 0.5) is 0 Å². The van der Waals surface area contributed by atoms with Crippen molar-refractivity contribution >= 4 is 29.3 Å². The van der Waals surface area contributed by atoms with Gasteiger partial charge in [-0.2, -0.15) is 4.67 Å². The third-order valence-corrected chi connectivity index (χ3v) is 13.9. The average molecular weight is 904 g/mol. The van der Waals surface area contributed by atoms with Crippen LogP contribution in [0.5, 0.6) is 34.5 Å². The van der Waals surface area contributed by atoms with Gasteiger partial charge in [0.2, 0.25) is 28.9 Å². The number of primary amides is 1. The fourth-order valence-electron chi connectivity index (χ4n) is 9.80. The quantitative estimate of drug-likeness (QED) is 0.0777. The first kappa shape index (κ1) is 46.2. The first-order valence-corrected chi connectivity index (χ1v) is 23.4. The fraction of sp³-hybridized carbons (Fsp3) is 0.581. The molecule has 3 N–H and O–H groups in total. The van der Waals surface area contributed by atoms with Crippen LogP contribution < -0.4 is 34.5 Å².